The summed E-state index contributed by atoms with van der Waals surface area (Å²) in [6.45, 7) is 4.39. The van der Waals surface area contributed by atoms with Gasteiger partial charge in [-0.2, -0.15) is 5.10 Å². The highest BCUT2D eigenvalue weighted by Gasteiger charge is 2.26. The summed E-state index contributed by atoms with van der Waals surface area (Å²) in [5.41, 5.74) is 4.56. The Morgan fingerprint density at radius 2 is 1.75 bits per heavy atom. The molecule has 0 saturated carbocycles. The number of rotatable bonds is 5. The van der Waals surface area contributed by atoms with Crippen LogP contribution in [0.2, 0.25) is 0 Å². The summed E-state index contributed by atoms with van der Waals surface area (Å²) in [5, 5.41) is 4.28. The summed E-state index contributed by atoms with van der Waals surface area (Å²) < 4.78 is 11.5. The monoisotopic (exact) mass is 433 g/mol. The SMILES string of the molecule is CCOC(=O)c1cnn(-c2ccc(C(=O)N3CCc4cc(C(=O)OC)ccc43)cc2)c1C. The van der Waals surface area contributed by atoms with Gasteiger partial charge in [0.15, 0.2) is 0 Å². The van der Waals surface area contributed by atoms with E-state index in [1.165, 1.54) is 13.3 Å². The Morgan fingerprint density at radius 1 is 1.03 bits per heavy atom. The molecule has 0 saturated heterocycles. The number of benzene rings is 2. The molecule has 1 aliphatic heterocycles. The van der Waals surface area contributed by atoms with Crippen molar-refractivity contribution in [1.82, 2.24) is 9.78 Å². The zero-order chi connectivity index (χ0) is 22.8. The molecule has 1 aliphatic rings. The fourth-order valence-electron chi connectivity index (χ4n) is 3.84. The standard InChI is InChI=1S/C24H23N3O5/c1-4-32-24(30)20-14-25-27(15(20)2)19-8-5-16(6-9-19)22(28)26-12-11-17-13-18(23(29)31-3)7-10-21(17)26/h5-10,13-14H,4,11-12H2,1-3H3. The molecule has 0 radical (unpaired) electrons. The summed E-state index contributed by atoms with van der Waals surface area (Å²) in [4.78, 5) is 38.6. The maximum absolute atomic E-state index is 13.1. The van der Waals surface area contributed by atoms with Crippen molar-refractivity contribution in [3.05, 3.63) is 76.6 Å². The molecule has 3 aromatic rings. The number of methoxy groups -OCH3 is 1. The Morgan fingerprint density at radius 3 is 2.44 bits per heavy atom. The Labute approximate surface area is 185 Å². The van der Waals surface area contributed by atoms with Crippen LogP contribution in [-0.2, 0) is 15.9 Å². The first kappa shape index (κ1) is 21.3. The number of carbonyl (C=O) groups excluding carboxylic acids is 3. The van der Waals surface area contributed by atoms with Crippen molar-refractivity contribution in [1.29, 1.82) is 0 Å². The lowest BCUT2D eigenvalue weighted by Crippen LogP contribution is -2.28. The lowest BCUT2D eigenvalue weighted by molar-refractivity contribution is 0.0524. The quantitative estimate of drug-likeness (QED) is 0.573. The van der Waals surface area contributed by atoms with Crippen LogP contribution in [0.25, 0.3) is 5.69 Å². The Bertz CT molecular complexity index is 1200. The first-order valence-corrected chi connectivity index (χ1v) is 10.3. The van der Waals surface area contributed by atoms with Gasteiger partial charge >= 0.3 is 11.9 Å². The summed E-state index contributed by atoms with van der Waals surface area (Å²) in [6, 6.07) is 12.3. The predicted molar refractivity (Wildman–Crippen MR) is 117 cm³/mol. The smallest absolute Gasteiger partial charge is 0.341 e. The van der Waals surface area contributed by atoms with E-state index in [1.54, 1.807) is 65.9 Å². The van der Waals surface area contributed by atoms with Crippen LogP contribution in [0.3, 0.4) is 0 Å². The van der Waals surface area contributed by atoms with Gasteiger partial charge in [0, 0.05) is 17.8 Å². The maximum Gasteiger partial charge on any atom is 0.341 e. The number of ether oxygens (including phenoxy) is 2. The average molecular weight is 433 g/mol. The van der Waals surface area contributed by atoms with Gasteiger partial charge in [-0.3, -0.25) is 4.79 Å². The molecule has 1 amide bonds. The van der Waals surface area contributed by atoms with E-state index in [-0.39, 0.29) is 5.91 Å². The number of esters is 2. The Balaban J connectivity index is 1.54. The normalized spacial score (nSPS) is 12.4. The molecule has 0 fully saturated rings. The minimum atomic E-state index is -0.411. The molecule has 1 aromatic heterocycles. The third-order valence-corrected chi connectivity index (χ3v) is 5.51. The molecule has 164 valence electrons. The predicted octanol–water partition coefficient (Wildman–Crippen LogP) is 3.35. The lowest BCUT2D eigenvalue weighted by atomic mass is 10.1. The minimum Gasteiger partial charge on any atom is -0.465 e. The lowest BCUT2D eigenvalue weighted by Gasteiger charge is -2.18. The van der Waals surface area contributed by atoms with Gasteiger partial charge < -0.3 is 14.4 Å². The molecule has 0 bridgehead atoms. The average Bonchev–Trinajstić information content (AvgIpc) is 3.41. The number of amides is 1. The minimum absolute atomic E-state index is 0.120. The van der Waals surface area contributed by atoms with E-state index in [2.05, 4.69) is 5.10 Å². The van der Waals surface area contributed by atoms with Crippen LogP contribution >= 0.6 is 0 Å². The molecule has 0 spiro atoms. The van der Waals surface area contributed by atoms with E-state index in [9.17, 15) is 14.4 Å². The zero-order valence-electron chi connectivity index (χ0n) is 18.1. The number of hydrogen-bond acceptors (Lipinski definition) is 6. The summed E-state index contributed by atoms with van der Waals surface area (Å²) in [7, 11) is 1.34. The van der Waals surface area contributed by atoms with Gasteiger partial charge in [0.25, 0.3) is 5.91 Å². The largest absolute Gasteiger partial charge is 0.465 e. The van der Waals surface area contributed by atoms with Crippen molar-refractivity contribution < 1.29 is 23.9 Å². The highest BCUT2D eigenvalue weighted by molar-refractivity contribution is 6.07. The van der Waals surface area contributed by atoms with Gasteiger partial charge in [-0.05, 0) is 68.3 Å². The van der Waals surface area contributed by atoms with E-state index >= 15 is 0 Å². The van der Waals surface area contributed by atoms with Crippen molar-refractivity contribution in [2.75, 3.05) is 25.2 Å². The number of carbonyl (C=O) groups is 3. The number of hydrogen-bond donors (Lipinski definition) is 0. The Kier molecular flexibility index (Phi) is 5.77. The molecule has 0 unspecified atom stereocenters. The van der Waals surface area contributed by atoms with Crippen LogP contribution in [0.4, 0.5) is 5.69 Å². The summed E-state index contributed by atoms with van der Waals surface area (Å²) in [5.74, 6) is -0.926. The highest BCUT2D eigenvalue weighted by Crippen LogP contribution is 2.30. The van der Waals surface area contributed by atoms with Crippen molar-refractivity contribution >= 4 is 23.5 Å². The summed E-state index contributed by atoms with van der Waals surface area (Å²) >= 11 is 0. The maximum atomic E-state index is 13.1. The molecule has 0 atom stereocenters. The van der Waals surface area contributed by atoms with Crippen molar-refractivity contribution in [2.45, 2.75) is 20.3 Å². The molecular formula is C24H23N3O5. The van der Waals surface area contributed by atoms with Crippen molar-refractivity contribution in [3.63, 3.8) is 0 Å². The first-order valence-electron chi connectivity index (χ1n) is 10.3. The molecule has 2 heterocycles. The van der Waals surface area contributed by atoms with Crippen LogP contribution in [-0.4, -0.2) is 47.9 Å². The molecule has 4 rings (SSSR count). The van der Waals surface area contributed by atoms with Crippen LogP contribution in [0.1, 0.15) is 49.3 Å². The third kappa shape index (κ3) is 3.75. The fraction of sp³-hybridized carbons (Fsp3) is 0.250. The van der Waals surface area contributed by atoms with Crippen LogP contribution < -0.4 is 4.90 Å². The molecule has 8 heteroatoms. The van der Waals surface area contributed by atoms with E-state index in [4.69, 9.17) is 9.47 Å². The second kappa shape index (κ2) is 8.66. The molecule has 0 N–H and O–H groups in total. The molecular weight excluding hydrogens is 410 g/mol. The number of nitrogens with zero attached hydrogens (tertiary/aromatic N) is 3. The van der Waals surface area contributed by atoms with Gasteiger partial charge in [-0.25, -0.2) is 14.3 Å². The molecule has 8 nitrogen and oxygen atoms in total. The number of fused-ring (bicyclic) bond motifs is 1. The fourth-order valence-corrected chi connectivity index (χ4v) is 3.84. The second-order valence-corrected chi connectivity index (χ2v) is 7.36. The summed E-state index contributed by atoms with van der Waals surface area (Å²) in [6.07, 6.45) is 2.16. The van der Waals surface area contributed by atoms with Crippen molar-refractivity contribution in [3.8, 4) is 5.69 Å². The van der Waals surface area contributed by atoms with E-state index in [0.717, 1.165) is 16.9 Å². The van der Waals surface area contributed by atoms with Crippen LogP contribution in [0, 0.1) is 6.92 Å². The van der Waals surface area contributed by atoms with Crippen LogP contribution in [0.15, 0.2) is 48.7 Å². The topological polar surface area (TPSA) is 90.7 Å². The molecule has 2 aromatic carbocycles. The van der Waals surface area contributed by atoms with Gasteiger partial charge in [0.05, 0.1) is 36.9 Å². The third-order valence-electron chi connectivity index (χ3n) is 5.51. The first-order chi connectivity index (χ1) is 15.4. The molecule has 0 aliphatic carbocycles. The Hall–Kier alpha value is -3.94. The highest BCUT2D eigenvalue weighted by atomic mass is 16.5. The van der Waals surface area contributed by atoms with Gasteiger partial charge in [0.2, 0.25) is 0 Å². The van der Waals surface area contributed by atoms with Gasteiger partial charge in [-0.15, -0.1) is 0 Å². The van der Waals surface area contributed by atoms with Crippen LogP contribution in [0.5, 0.6) is 0 Å². The van der Waals surface area contributed by atoms with Gasteiger partial charge in [0.1, 0.15) is 5.56 Å². The van der Waals surface area contributed by atoms with Crippen molar-refractivity contribution in [2.24, 2.45) is 0 Å². The van der Waals surface area contributed by atoms with E-state index < -0.39 is 11.9 Å². The van der Waals surface area contributed by atoms with E-state index in [1.807, 2.05) is 0 Å². The number of anilines is 1. The molecule has 32 heavy (non-hydrogen) atoms. The second-order valence-electron chi connectivity index (χ2n) is 7.36. The number of aromatic nitrogens is 2. The van der Waals surface area contributed by atoms with E-state index in [0.29, 0.717) is 42.0 Å². The zero-order valence-corrected chi connectivity index (χ0v) is 18.1. The van der Waals surface area contributed by atoms with Gasteiger partial charge in [-0.1, -0.05) is 0 Å².